The van der Waals surface area contributed by atoms with Crippen molar-refractivity contribution in [1.82, 2.24) is 0 Å². The van der Waals surface area contributed by atoms with Gasteiger partial charge in [-0.15, -0.1) is 0 Å². The minimum absolute atomic E-state index is 0.338. The van der Waals surface area contributed by atoms with Gasteiger partial charge in [0.25, 0.3) is 0 Å². The van der Waals surface area contributed by atoms with E-state index >= 15 is 0 Å². The molecular weight excluding hydrogens is 220 g/mol. The summed E-state index contributed by atoms with van der Waals surface area (Å²) in [4.78, 5) is 0. The van der Waals surface area contributed by atoms with E-state index in [2.05, 4.69) is 0 Å². The number of phenols is 1. The van der Waals surface area contributed by atoms with Crippen LogP contribution in [0.5, 0.6) is 5.75 Å². The molecule has 1 nitrogen and oxygen atoms in total. The van der Waals surface area contributed by atoms with Gasteiger partial charge in [-0.2, -0.15) is 0 Å². The van der Waals surface area contributed by atoms with Crippen LogP contribution in [0.2, 0.25) is 0 Å². The lowest BCUT2D eigenvalue weighted by Gasteiger charge is -2.35. The number of benzene rings is 1. The first-order valence-electron chi connectivity index (χ1n) is 7.51. The molecular formula is C17H26O. The van der Waals surface area contributed by atoms with E-state index in [1.807, 2.05) is 19.1 Å². The first-order chi connectivity index (χ1) is 8.75. The molecule has 100 valence electrons. The van der Waals surface area contributed by atoms with Gasteiger partial charge in [0.05, 0.1) is 0 Å². The molecule has 0 spiro atoms. The zero-order chi connectivity index (χ0) is 12.8. The number of hydrogen-bond acceptors (Lipinski definition) is 1. The molecule has 0 amide bonds. The molecule has 0 bridgehead atoms. The van der Waals surface area contributed by atoms with E-state index in [0.717, 1.165) is 17.4 Å². The Morgan fingerprint density at radius 1 is 0.889 bits per heavy atom. The Labute approximate surface area is 111 Å². The summed E-state index contributed by atoms with van der Waals surface area (Å²) >= 11 is 0. The van der Waals surface area contributed by atoms with Crippen LogP contribution in [0.15, 0.2) is 24.3 Å². The van der Waals surface area contributed by atoms with E-state index in [-0.39, 0.29) is 0 Å². The Balaban J connectivity index is 0.000000138. The van der Waals surface area contributed by atoms with Crippen LogP contribution in [0, 0.1) is 18.8 Å². The molecule has 1 aromatic carbocycles. The summed E-state index contributed by atoms with van der Waals surface area (Å²) in [5.41, 5.74) is 1.09. The summed E-state index contributed by atoms with van der Waals surface area (Å²) in [5, 5.41) is 8.81. The van der Waals surface area contributed by atoms with Gasteiger partial charge >= 0.3 is 0 Å². The fraction of sp³-hybridized carbons (Fsp3) is 0.647. The van der Waals surface area contributed by atoms with E-state index in [1.54, 1.807) is 37.8 Å². The fourth-order valence-electron chi connectivity index (χ4n) is 3.49. The van der Waals surface area contributed by atoms with Crippen molar-refractivity contribution >= 4 is 0 Å². The number of aromatic hydroxyl groups is 1. The van der Waals surface area contributed by atoms with Gasteiger partial charge in [-0.25, -0.2) is 0 Å². The third-order valence-corrected chi connectivity index (χ3v) is 4.47. The van der Waals surface area contributed by atoms with Crippen LogP contribution in [0.4, 0.5) is 0 Å². The van der Waals surface area contributed by atoms with Crippen LogP contribution in [-0.2, 0) is 0 Å². The maximum Gasteiger partial charge on any atom is 0.115 e. The highest BCUT2D eigenvalue weighted by Crippen LogP contribution is 2.39. The monoisotopic (exact) mass is 246 g/mol. The molecule has 1 N–H and O–H groups in total. The number of hydrogen-bond donors (Lipinski definition) is 1. The molecule has 2 aliphatic carbocycles. The lowest BCUT2D eigenvalue weighted by molar-refractivity contribution is 0.171. The van der Waals surface area contributed by atoms with Crippen molar-refractivity contribution in [2.45, 2.75) is 58.3 Å². The predicted octanol–water partition coefficient (Wildman–Crippen LogP) is 5.07. The summed E-state index contributed by atoms with van der Waals surface area (Å²) in [6.07, 6.45) is 12.4. The third-order valence-electron chi connectivity index (χ3n) is 4.47. The molecule has 2 aliphatic rings. The number of aryl methyl sites for hydroxylation is 1. The standard InChI is InChI=1S/C10H18.C7H8O/c1-2-6-10-8-4-3-7-9(10)5-1;1-6-3-2-4-7(8)5-6/h9-10H,1-8H2;2-5,8H,1H3. The molecule has 0 heterocycles. The molecule has 0 atom stereocenters. The maximum atomic E-state index is 8.81. The summed E-state index contributed by atoms with van der Waals surface area (Å²) in [7, 11) is 0. The molecule has 3 rings (SSSR count). The molecule has 18 heavy (non-hydrogen) atoms. The molecule has 0 aromatic heterocycles. The largest absolute Gasteiger partial charge is 0.508 e. The Hall–Kier alpha value is -0.980. The first kappa shape index (κ1) is 13.5. The quantitative estimate of drug-likeness (QED) is 0.677. The lowest BCUT2D eigenvalue weighted by atomic mass is 9.71. The third kappa shape index (κ3) is 4.04. The maximum absolute atomic E-state index is 8.81. The number of fused-ring (bicyclic) bond motifs is 1. The van der Waals surface area contributed by atoms with Crippen LogP contribution >= 0.6 is 0 Å². The predicted molar refractivity (Wildman–Crippen MR) is 76.8 cm³/mol. The van der Waals surface area contributed by atoms with Gasteiger partial charge in [0.2, 0.25) is 0 Å². The van der Waals surface area contributed by atoms with E-state index in [4.69, 9.17) is 5.11 Å². The van der Waals surface area contributed by atoms with Crippen molar-refractivity contribution < 1.29 is 5.11 Å². The van der Waals surface area contributed by atoms with Crippen LogP contribution in [0.1, 0.15) is 56.9 Å². The first-order valence-corrected chi connectivity index (χ1v) is 7.51. The second-order valence-corrected chi connectivity index (χ2v) is 5.93. The molecule has 0 aliphatic heterocycles. The van der Waals surface area contributed by atoms with Gasteiger partial charge in [0, 0.05) is 0 Å². The summed E-state index contributed by atoms with van der Waals surface area (Å²) in [5.74, 6) is 2.65. The highest BCUT2D eigenvalue weighted by atomic mass is 16.3. The molecule has 0 saturated heterocycles. The average Bonchev–Trinajstić information content (AvgIpc) is 2.39. The zero-order valence-electron chi connectivity index (χ0n) is 11.6. The van der Waals surface area contributed by atoms with Gasteiger partial charge in [-0.3, -0.25) is 0 Å². The van der Waals surface area contributed by atoms with Gasteiger partial charge in [-0.1, -0.05) is 63.5 Å². The fourth-order valence-corrected chi connectivity index (χ4v) is 3.49. The Morgan fingerprint density at radius 3 is 1.72 bits per heavy atom. The highest BCUT2D eigenvalue weighted by molar-refractivity contribution is 5.25. The lowest BCUT2D eigenvalue weighted by Crippen LogP contribution is -2.22. The molecule has 1 heteroatoms. The summed E-state index contributed by atoms with van der Waals surface area (Å²) in [6, 6.07) is 7.15. The van der Waals surface area contributed by atoms with Gasteiger partial charge in [-0.05, 0) is 36.5 Å². The Bertz CT molecular complexity index is 315. The number of rotatable bonds is 0. The van der Waals surface area contributed by atoms with E-state index in [9.17, 15) is 0 Å². The minimum Gasteiger partial charge on any atom is -0.508 e. The number of phenolic OH excluding ortho intramolecular Hbond substituents is 1. The van der Waals surface area contributed by atoms with Gasteiger partial charge < -0.3 is 5.11 Å². The molecule has 1 aromatic rings. The van der Waals surface area contributed by atoms with Crippen LogP contribution in [-0.4, -0.2) is 5.11 Å². The normalized spacial score (nSPS) is 26.7. The highest BCUT2D eigenvalue weighted by Gasteiger charge is 2.26. The average molecular weight is 246 g/mol. The van der Waals surface area contributed by atoms with Crippen molar-refractivity contribution in [3.63, 3.8) is 0 Å². The Kier molecular flexibility index (Phi) is 5.10. The zero-order valence-corrected chi connectivity index (χ0v) is 11.6. The second-order valence-electron chi connectivity index (χ2n) is 5.93. The summed E-state index contributed by atoms with van der Waals surface area (Å²) in [6.45, 7) is 1.94. The van der Waals surface area contributed by atoms with Crippen LogP contribution in [0.25, 0.3) is 0 Å². The van der Waals surface area contributed by atoms with Gasteiger partial charge in [0.1, 0.15) is 5.75 Å². The van der Waals surface area contributed by atoms with E-state index in [0.29, 0.717) is 5.75 Å². The van der Waals surface area contributed by atoms with E-state index < -0.39 is 0 Å². The topological polar surface area (TPSA) is 20.2 Å². The molecule has 2 fully saturated rings. The van der Waals surface area contributed by atoms with Crippen molar-refractivity contribution in [3.05, 3.63) is 29.8 Å². The second kappa shape index (κ2) is 6.82. The smallest absolute Gasteiger partial charge is 0.115 e. The van der Waals surface area contributed by atoms with Crippen molar-refractivity contribution in [2.24, 2.45) is 11.8 Å². The SMILES string of the molecule is C1CCC2CCCCC2C1.Cc1cccc(O)c1. The van der Waals surface area contributed by atoms with Crippen molar-refractivity contribution in [2.75, 3.05) is 0 Å². The van der Waals surface area contributed by atoms with Crippen LogP contribution in [0.3, 0.4) is 0 Å². The molecule has 0 unspecified atom stereocenters. The van der Waals surface area contributed by atoms with Crippen molar-refractivity contribution in [3.8, 4) is 5.75 Å². The van der Waals surface area contributed by atoms with E-state index in [1.165, 1.54) is 25.7 Å². The summed E-state index contributed by atoms with van der Waals surface area (Å²) < 4.78 is 0. The van der Waals surface area contributed by atoms with Crippen LogP contribution < -0.4 is 0 Å². The minimum atomic E-state index is 0.338. The van der Waals surface area contributed by atoms with Crippen molar-refractivity contribution in [1.29, 1.82) is 0 Å². The van der Waals surface area contributed by atoms with Gasteiger partial charge in [0.15, 0.2) is 0 Å². The Morgan fingerprint density at radius 2 is 1.39 bits per heavy atom. The molecule has 0 radical (unpaired) electrons. The molecule has 2 saturated carbocycles.